The van der Waals surface area contributed by atoms with Crippen LogP contribution in [0.25, 0.3) is 0 Å². The predicted octanol–water partition coefficient (Wildman–Crippen LogP) is 2.39. The summed E-state index contributed by atoms with van der Waals surface area (Å²) in [6, 6.07) is 8.04. The summed E-state index contributed by atoms with van der Waals surface area (Å²) in [5.74, 6) is 1.38. The van der Waals surface area contributed by atoms with Gasteiger partial charge in [0.2, 0.25) is 5.91 Å². The fraction of sp³-hybridized carbons (Fsp3) is 0.652. The SMILES string of the molecule is COC(OC)[C@@H]1CCCN1C(=O)[C@H]1NCSC1C(=O)CCC1Cc2ccccc2C1. The quantitative estimate of drug-likeness (QED) is 0.637. The van der Waals surface area contributed by atoms with E-state index in [9.17, 15) is 9.59 Å². The number of nitrogens with zero attached hydrogens (tertiary/aromatic N) is 1. The lowest BCUT2D eigenvalue weighted by molar-refractivity contribution is -0.158. The highest BCUT2D eigenvalue weighted by Crippen LogP contribution is 2.32. The standard InChI is InChI=1S/C23H32N2O4S/c1-28-23(29-2)18-8-5-11-25(18)22(27)20-21(30-14-24-20)19(26)10-9-15-12-16-6-3-4-7-17(16)13-15/h3-4,6-7,15,18,20-21,23-24H,5,8-14H2,1-2H3/t18-,20-,21?/m0/s1. The molecule has 0 spiro atoms. The number of amides is 1. The van der Waals surface area contributed by atoms with Crippen LogP contribution in [0.15, 0.2) is 24.3 Å². The molecule has 1 aromatic carbocycles. The molecule has 6 nitrogen and oxygen atoms in total. The molecule has 0 aromatic heterocycles. The molecule has 1 aliphatic carbocycles. The third kappa shape index (κ3) is 4.44. The minimum atomic E-state index is -0.446. The summed E-state index contributed by atoms with van der Waals surface area (Å²) < 4.78 is 10.8. The van der Waals surface area contributed by atoms with Crippen LogP contribution in [-0.4, -0.2) is 66.9 Å². The topological polar surface area (TPSA) is 67.9 Å². The van der Waals surface area contributed by atoms with Crippen molar-refractivity contribution >= 4 is 23.5 Å². The Labute approximate surface area is 183 Å². The number of methoxy groups -OCH3 is 2. The maximum Gasteiger partial charge on any atom is 0.241 e. The van der Waals surface area contributed by atoms with Crippen LogP contribution < -0.4 is 5.32 Å². The molecule has 2 heterocycles. The first-order valence-corrected chi connectivity index (χ1v) is 12.0. The van der Waals surface area contributed by atoms with Gasteiger partial charge in [-0.05, 0) is 49.1 Å². The first kappa shape index (κ1) is 21.8. The average Bonchev–Trinajstić information content (AvgIpc) is 3.51. The lowest BCUT2D eigenvalue weighted by Gasteiger charge is -2.32. The Morgan fingerprint density at radius 1 is 1.20 bits per heavy atom. The van der Waals surface area contributed by atoms with Gasteiger partial charge >= 0.3 is 0 Å². The Kier molecular flexibility index (Phi) is 7.13. The molecule has 0 bridgehead atoms. The summed E-state index contributed by atoms with van der Waals surface area (Å²) >= 11 is 1.57. The molecule has 4 rings (SSSR count). The van der Waals surface area contributed by atoms with E-state index in [1.54, 1.807) is 26.0 Å². The molecule has 164 valence electrons. The molecule has 2 aliphatic heterocycles. The van der Waals surface area contributed by atoms with Crippen molar-refractivity contribution in [2.45, 2.75) is 62.1 Å². The second-order valence-corrected chi connectivity index (χ2v) is 9.67. The number of likely N-dealkylation sites (tertiary alicyclic amines) is 1. The van der Waals surface area contributed by atoms with Crippen molar-refractivity contribution in [2.75, 3.05) is 26.6 Å². The molecule has 3 aliphatic rings. The van der Waals surface area contributed by atoms with Gasteiger partial charge in [0, 0.05) is 33.1 Å². The van der Waals surface area contributed by atoms with Crippen molar-refractivity contribution in [3.63, 3.8) is 0 Å². The number of rotatable bonds is 8. The lowest BCUT2D eigenvalue weighted by atomic mass is 9.96. The molecule has 3 atom stereocenters. The largest absolute Gasteiger partial charge is 0.354 e. The van der Waals surface area contributed by atoms with Gasteiger partial charge in [-0.2, -0.15) is 0 Å². The number of ketones is 1. The first-order valence-electron chi connectivity index (χ1n) is 10.9. The number of ether oxygens (including phenoxy) is 2. The molecule has 0 saturated carbocycles. The summed E-state index contributed by atoms with van der Waals surface area (Å²) in [6.45, 7) is 0.691. The molecule has 1 amide bonds. The fourth-order valence-electron chi connectivity index (χ4n) is 5.21. The Balaban J connectivity index is 1.34. The minimum Gasteiger partial charge on any atom is -0.354 e. The number of hydrogen-bond acceptors (Lipinski definition) is 6. The van der Waals surface area contributed by atoms with E-state index in [4.69, 9.17) is 9.47 Å². The maximum absolute atomic E-state index is 13.3. The Morgan fingerprint density at radius 3 is 2.57 bits per heavy atom. The summed E-state index contributed by atoms with van der Waals surface area (Å²) in [7, 11) is 3.21. The third-order valence-electron chi connectivity index (χ3n) is 6.75. The van der Waals surface area contributed by atoms with Crippen LogP contribution in [0.3, 0.4) is 0 Å². The van der Waals surface area contributed by atoms with Crippen LogP contribution in [0, 0.1) is 5.92 Å². The molecule has 1 N–H and O–H groups in total. The Bertz CT molecular complexity index is 744. The molecule has 2 fully saturated rings. The minimum absolute atomic E-state index is 0.00761. The number of carbonyl (C=O) groups is 2. The normalized spacial score (nSPS) is 26.5. The first-order chi connectivity index (χ1) is 14.6. The second-order valence-electron chi connectivity index (χ2n) is 8.54. The van der Waals surface area contributed by atoms with E-state index in [2.05, 4.69) is 29.6 Å². The summed E-state index contributed by atoms with van der Waals surface area (Å²) in [5, 5.41) is 2.97. The average molecular weight is 433 g/mol. The van der Waals surface area contributed by atoms with Gasteiger partial charge in [-0.1, -0.05) is 24.3 Å². The van der Waals surface area contributed by atoms with E-state index in [0.717, 1.165) is 32.1 Å². The summed E-state index contributed by atoms with van der Waals surface area (Å²) in [4.78, 5) is 28.2. The highest BCUT2D eigenvalue weighted by molar-refractivity contribution is 8.00. The number of fused-ring (bicyclic) bond motifs is 1. The molecular formula is C23H32N2O4S. The van der Waals surface area contributed by atoms with Crippen molar-refractivity contribution in [3.8, 4) is 0 Å². The van der Waals surface area contributed by atoms with Crippen LogP contribution in [-0.2, 0) is 31.9 Å². The molecule has 1 unspecified atom stereocenters. The molecule has 1 aromatic rings. The van der Waals surface area contributed by atoms with Gasteiger partial charge in [0.1, 0.15) is 11.8 Å². The smallest absolute Gasteiger partial charge is 0.241 e. The summed E-state index contributed by atoms with van der Waals surface area (Å²) in [6.07, 6.45) is 4.93. The molecule has 2 saturated heterocycles. The zero-order chi connectivity index (χ0) is 21.1. The van der Waals surface area contributed by atoms with Gasteiger partial charge in [0.15, 0.2) is 6.29 Å². The van der Waals surface area contributed by atoms with E-state index >= 15 is 0 Å². The van der Waals surface area contributed by atoms with Gasteiger partial charge in [0.05, 0.1) is 11.3 Å². The third-order valence-corrected chi connectivity index (χ3v) is 7.98. The van der Waals surface area contributed by atoms with E-state index in [1.165, 1.54) is 11.1 Å². The van der Waals surface area contributed by atoms with Gasteiger partial charge in [-0.25, -0.2) is 0 Å². The zero-order valence-corrected chi connectivity index (χ0v) is 18.7. The summed E-state index contributed by atoms with van der Waals surface area (Å²) in [5.41, 5.74) is 2.84. The van der Waals surface area contributed by atoms with Gasteiger partial charge in [-0.15, -0.1) is 11.8 Å². The van der Waals surface area contributed by atoms with Crippen molar-refractivity contribution in [2.24, 2.45) is 5.92 Å². The fourth-order valence-corrected chi connectivity index (χ4v) is 6.37. The van der Waals surface area contributed by atoms with E-state index in [-0.39, 0.29) is 23.0 Å². The van der Waals surface area contributed by atoms with Crippen molar-refractivity contribution in [1.29, 1.82) is 0 Å². The molecule has 30 heavy (non-hydrogen) atoms. The van der Waals surface area contributed by atoms with E-state index in [1.807, 2.05) is 4.90 Å². The van der Waals surface area contributed by atoms with E-state index < -0.39 is 12.3 Å². The van der Waals surface area contributed by atoms with Crippen molar-refractivity contribution in [1.82, 2.24) is 10.2 Å². The van der Waals surface area contributed by atoms with Gasteiger partial charge in [-0.3, -0.25) is 14.9 Å². The highest BCUT2D eigenvalue weighted by Gasteiger charge is 2.44. The number of Topliss-reactive ketones (excluding diaryl/α,β-unsaturated/α-hetero) is 1. The van der Waals surface area contributed by atoms with Gasteiger partial charge < -0.3 is 14.4 Å². The lowest BCUT2D eigenvalue weighted by Crippen LogP contribution is -2.54. The number of thioether (sulfide) groups is 1. The Morgan fingerprint density at radius 2 is 1.90 bits per heavy atom. The zero-order valence-electron chi connectivity index (χ0n) is 17.8. The van der Waals surface area contributed by atoms with Gasteiger partial charge in [0.25, 0.3) is 0 Å². The van der Waals surface area contributed by atoms with Crippen LogP contribution >= 0.6 is 11.8 Å². The van der Waals surface area contributed by atoms with Crippen LogP contribution in [0.4, 0.5) is 0 Å². The number of hydrogen-bond donors (Lipinski definition) is 1. The number of nitrogens with one attached hydrogen (secondary N) is 1. The van der Waals surface area contributed by atoms with Crippen LogP contribution in [0.2, 0.25) is 0 Å². The molecular weight excluding hydrogens is 400 g/mol. The molecule has 0 radical (unpaired) electrons. The van der Waals surface area contributed by atoms with E-state index in [0.29, 0.717) is 24.8 Å². The highest BCUT2D eigenvalue weighted by atomic mass is 32.2. The van der Waals surface area contributed by atoms with Crippen LogP contribution in [0.1, 0.15) is 36.8 Å². The van der Waals surface area contributed by atoms with Crippen LogP contribution in [0.5, 0.6) is 0 Å². The van der Waals surface area contributed by atoms with Crippen molar-refractivity contribution in [3.05, 3.63) is 35.4 Å². The predicted molar refractivity (Wildman–Crippen MR) is 117 cm³/mol. The number of carbonyl (C=O) groups excluding carboxylic acids is 2. The monoisotopic (exact) mass is 432 g/mol. The second kappa shape index (κ2) is 9.81. The molecule has 7 heteroatoms. The number of benzene rings is 1. The van der Waals surface area contributed by atoms with Crippen molar-refractivity contribution < 1.29 is 19.1 Å². The Hall–Kier alpha value is -1.41. The maximum atomic E-state index is 13.3.